The average Bonchev–Trinajstić information content (AvgIpc) is 2.25. The van der Waals surface area contributed by atoms with Gasteiger partial charge in [0.05, 0.1) is 0 Å². The molecule has 82 valence electrons. The molecule has 1 aliphatic rings. The van der Waals surface area contributed by atoms with Gasteiger partial charge in [-0.05, 0) is 17.3 Å². The van der Waals surface area contributed by atoms with E-state index < -0.39 is 8.41 Å². The fourth-order valence-electron chi connectivity index (χ4n) is 2.49. The molecule has 0 nitrogen and oxygen atoms in total. The van der Waals surface area contributed by atoms with Crippen LogP contribution in [0.25, 0.3) is 0 Å². The van der Waals surface area contributed by atoms with Gasteiger partial charge in [0.25, 0.3) is 8.41 Å². The zero-order valence-electron chi connectivity index (χ0n) is 9.21. The summed E-state index contributed by atoms with van der Waals surface area (Å²) in [6.07, 6.45) is 5.95. The van der Waals surface area contributed by atoms with Gasteiger partial charge in [-0.2, -0.15) is 0 Å². The molecule has 2 rings (SSSR count). The highest BCUT2D eigenvalue weighted by Gasteiger charge is 2.35. The van der Waals surface area contributed by atoms with E-state index >= 15 is 0 Å². The topological polar surface area (TPSA) is 0 Å². The highest BCUT2D eigenvalue weighted by atomic mass is 28.4. The Bertz CT molecular complexity index is 289. The van der Waals surface area contributed by atoms with Crippen molar-refractivity contribution >= 4 is 13.6 Å². The summed E-state index contributed by atoms with van der Waals surface area (Å²) in [6, 6.07) is 11.6. The van der Waals surface area contributed by atoms with Crippen molar-refractivity contribution in [3.63, 3.8) is 0 Å². The highest BCUT2D eigenvalue weighted by molar-refractivity contribution is 6.86. The Morgan fingerprint density at radius 2 is 1.33 bits per heavy atom. The quantitative estimate of drug-likeness (QED) is 0.501. The maximum absolute atomic E-state index is 14.9. The van der Waals surface area contributed by atoms with Gasteiger partial charge in [-0.3, -0.25) is 0 Å². The largest absolute Gasteiger partial charge is 0.308 e. The molecule has 1 aromatic rings. The van der Waals surface area contributed by atoms with Crippen molar-refractivity contribution in [2.24, 2.45) is 0 Å². The van der Waals surface area contributed by atoms with Gasteiger partial charge in [-0.15, -0.1) is 0 Å². The van der Waals surface area contributed by atoms with Crippen LogP contribution in [0.15, 0.2) is 30.3 Å². The van der Waals surface area contributed by atoms with Crippen molar-refractivity contribution in [2.75, 3.05) is 0 Å². The standard InChI is InChI=1S/C13H19FSi/c14-15(13-9-5-4-6-10-13)11-7-2-1-3-8-12-15/h4-6,9-10H,1-3,7-8,11-12H2. The second kappa shape index (κ2) is 4.93. The predicted molar refractivity (Wildman–Crippen MR) is 65.6 cm³/mol. The van der Waals surface area contributed by atoms with Crippen molar-refractivity contribution in [3.05, 3.63) is 30.3 Å². The predicted octanol–water partition coefficient (Wildman–Crippen LogP) is 3.77. The molecular formula is C13H19FSi. The van der Waals surface area contributed by atoms with Crippen molar-refractivity contribution in [1.29, 1.82) is 0 Å². The van der Waals surface area contributed by atoms with E-state index in [0.717, 1.165) is 30.1 Å². The average molecular weight is 222 g/mol. The van der Waals surface area contributed by atoms with Crippen LogP contribution in [0.4, 0.5) is 4.11 Å². The van der Waals surface area contributed by atoms with E-state index in [1.807, 2.05) is 30.3 Å². The van der Waals surface area contributed by atoms with Crippen LogP contribution < -0.4 is 5.19 Å². The van der Waals surface area contributed by atoms with Gasteiger partial charge < -0.3 is 4.11 Å². The van der Waals surface area contributed by atoms with Gasteiger partial charge in [0.1, 0.15) is 0 Å². The van der Waals surface area contributed by atoms with E-state index in [1.54, 1.807) is 0 Å². The fourth-order valence-corrected chi connectivity index (χ4v) is 5.73. The van der Waals surface area contributed by atoms with Crippen LogP contribution in [-0.2, 0) is 0 Å². The third-order valence-corrected chi connectivity index (χ3v) is 7.10. The third kappa shape index (κ3) is 2.68. The molecule has 0 N–H and O–H groups in total. The Kier molecular flexibility index (Phi) is 3.57. The first-order valence-corrected chi connectivity index (χ1v) is 8.35. The molecule has 0 radical (unpaired) electrons. The molecule has 1 heterocycles. The van der Waals surface area contributed by atoms with Crippen LogP contribution in [0, 0.1) is 0 Å². The number of halogens is 1. The first-order chi connectivity index (χ1) is 7.31. The van der Waals surface area contributed by atoms with Gasteiger partial charge >= 0.3 is 0 Å². The van der Waals surface area contributed by atoms with Crippen LogP contribution >= 0.6 is 0 Å². The van der Waals surface area contributed by atoms with Gasteiger partial charge in [0.15, 0.2) is 0 Å². The molecule has 0 spiro atoms. The van der Waals surface area contributed by atoms with Crippen LogP contribution in [0.5, 0.6) is 0 Å². The van der Waals surface area contributed by atoms with Crippen molar-refractivity contribution in [2.45, 2.75) is 44.2 Å². The Balaban J connectivity index is 2.15. The summed E-state index contributed by atoms with van der Waals surface area (Å²) >= 11 is 0. The molecule has 1 saturated heterocycles. The molecule has 0 saturated carbocycles. The molecule has 0 unspecified atom stereocenters. The Labute approximate surface area is 92.7 Å². The van der Waals surface area contributed by atoms with E-state index in [9.17, 15) is 4.11 Å². The third-order valence-electron chi connectivity index (χ3n) is 3.44. The first-order valence-electron chi connectivity index (χ1n) is 6.06. The van der Waals surface area contributed by atoms with Crippen molar-refractivity contribution in [3.8, 4) is 0 Å². The summed E-state index contributed by atoms with van der Waals surface area (Å²) in [7, 11) is -2.60. The van der Waals surface area contributed by atoms with Gasteiger partial charge in [0, 0.05) is 0 Å². The monoisotopic (exact) mass is 222 g/mol. The second-order valence-corrected chi connectivity index (χ2v) is 8.11. The zero-order chi connectivity index (χ0) is 10.6. The SMILES string of the molecule is F[Si]1(c2ccccc2)CCCCCCC1. The molecule has 1 aromatic carbocycles. The van der Waals surface area contributed by atoms with E-state index in [4.69, 9.17) is 0 Å². The van der Waals surface area contributed by atoms with Crippen LogP contribution in [-0.4, -0.2) is 8.41 Å². The lowest BCUT2D eigenvalue weighted by molar-refractivity contribution is 0.603. The lowest BCUT2D eigenvalue weighted by Gasteiger charge is -2.24. The van der Waals surface area contributed by atoms with Crippen LogP contribution in [0.2, 0.25) is 12.1 Å². The number of benzene rings is 1. The zero-order valence-corrected chi connectivity index (χ0v) is 10.2. The molecule has 0 aromatic heterocycles. The summed E-state index contributed by atoms with van der Waals surface area (Å²) in [5, 5.41) is 1.02. The molecule has 0 aliphatic carbocycles. The molecule has 2 heteroatoms. The Morgan fingerprint density at radius 1 is 0.800 bits per heavy atom. The number of hydrogen-bond donors (Lipinski definition) is 0. The normalized spacial score (nSPS) is 21.7. The summed E-state index contributed by atoms with van der Waals surface area (Å²) in [5.74, 6) is 0. The van der Waals surface area contributed by atoms with Gasteiger partial charge in [-0.25, -0.2) is 0 Å². The summed E-state index contributed by atoms with van der Waals surface area (Å²) in [5.41, 5.74) is 0. The Morgan fingerprint density at radius 3 is 1.93 bits per heavy atom. The maximum atomic E-state index is 14.9. The van der Waals surface area contributed by atoms with Crippen molar-refractivity contribution < 1.29 is 4.11 Å². The molecule has 0 amide bonds. The summed E-state index contributed by atoms with van der Waals surface area (Å²) in [6.45, 7) is 0. The smallest absolute Gasteiger partial charge is 0.277 e. The minimum Gasteiger partial charge on any atom is -0.308 e. The van der Waals surface area contributed by atoms with Crippen LogP contribution in [0.1, 0.15) is 32.1 Å². The minimum atomic E-state index is -2.60. The molecule has 1 aliphatic heterocycles. The van der Waals surface area contributed by atoms with E-state index in [0.29, 0.717) is 0 Å². The lowest BCUT2D eigenvalue weighted by atomic mass is 10.2. The number of hydrogen-bond acceptors (Lipinski definition) is 0. The first kappa shape index (κ1) is 10.9. The van der Waals surface area contributed by atoms with Gasteiger partial charge in [-0.1, -0.05) is 62.4 Å². The molecule has 1 fully saturated rings. The highest BCUT2D eigenvalue weighted by Crippen LogP contribution is 2.27. The van der Waals surface area contributed by atoms with Crippen molar-refractivity contribution in [1.82, 2.24) is 0 Å². The molecule has 0 bridgehead atoms. The minimum absolute atomic E-state index is 0.844. The van der Waals surface area contributed by atoms with E-state index in [2.05, 4.69) is 0 Å². The summed E-state index contributed by atoms with van der Waals surface area (Å²) in [4.78, 5) is 0. The van der Waals surface area contributed by atoms with E-state index in [-0.39, 0.29) is 0 Å². The van der Waals surface area contributed by atoms with E-state index in [1.165, 1.54) is 19.3 Å². The van der Waals surface area contributed by atoms with Crippen LogP contribution in [0.3, 0.4) is 0 Å². The molecule has 15 heavy (non-hydrogen) atoms. The second-order valence-electron chi connectivity index (χ2n) is 4.60. The van der Waals surface area contributed by atoms with Gasteiger partial charge in [0.2, 0.25) is 0 Å². The summed E-state index contributed by atoms with van der Waals surface area (Å²) < 4.78 is 14.9. The molecular weight excluding hydrogens is 203 g/mol. The molecule has 0 atom stereocenters. The maximum Gasteiger partial charge on any atom is 0.277 e. The lowest BCUT2D eigenvalue weighted by Crippen LogP contribution is -2.43. The fraction of sp³-hybridized carbons (Fsp3) is 0.538. The number of rotatable bonds is 1. The Hall–Kier alpha value is -0.633.